The van der Waals surface area contributed by atoms with Crippen molar-refractivity contribution in [3.63, 3.8) is 0 Å². The van der Waals surface area contributed by atoms with Gasteiger partial charge < -0.3 is 13.5 Å². The summed E-state index contributed by atoms with van der Waals surface area (Å²) in [6.45, 7) is 15.0. The first-order chi connectivity index (χ1) is 18.2. The van der Waals surface area contributed by atoms with Gasteiger partial charge in [-0.3, -0.25) is 0 Å². The maximum absolute atomic E-state index is 11.7. The van der Waals surface area contributed by atoms with Crippen molar-refractivity contribution in [3.8, 4) is 23.2 Å². The summed E-state index contributed by atoms with van der Waals surface area (Å²) in [7, 11) is -5.02. The lowest BCUT2D eigenvalue weighted by Gasteiger charge is -2.38. The molecule has 10 heteroatoms. The Morgan fingerprint density at radius 2 is 1.85 bits per heavy atom. The second kappa shape index (κ2) is 10.0. The third-order valence-electron chi connectivity index (χ3n) is 8.46. The van der Waals surface area contributed by atoms with Gasteiger partial charge >= 0.3 is 0 Å². The van der Waals surface area contributed by atoms with E-state index in [0.29, 0.717) is 43.1 Å². The zero-order valence-electron chi connectivity index (χ0n) is 23.8. The number of sulfonamides is 1. The van der Waals surface area contributed by atoms with E-state index in [9.17, 15) is 8.42 Å². The van der Waals surface area contributed by atoms with Crippen LogP contribution in [0.25, 0.3) is 11.3 Å². The predicted octanol–water partition coefficient (Wildman–Crippen LogP) is 5.16. The van der Waals surface area contributed by atoms with Crippen molar-refractivity contribution in [2.75, 3.05) is 19.3 Å². The van der Waals surface area contributed by atoms with Gasteiger partial charge in [0.25, 0.3) is 0 Å². The Morgan fingerprint density at radius 1 is 1.18 bits per heavy atom. The number of nitrogens with zero attached hydrogens (tertiary/aromatic N) is 4. The Kier molecular flexibility index (Phi) is 7.16. The van der Waals surface area contributed by atoms with Crippen molar-refractivity contribution in [1.29, 1.82) is 0 Å². The molecule has 208 valence electrons. The molecule has 2 fully saturated rings. The standard InChI is InChI=1S/C29H38N4O4SSi/c1-20(37-39(6,7)29(2,3)4)28-30-14-15-32(28)17-23-16-27(36-31-23)22-11-8-21(9-12-22)10-13-24-25-18-33(19-26(24)25)38(5,34)35/h8-9,11-12,14-16,20,24-26H,17-19H2,1-7H3/t20-,24?,25-,26+/m0/s1. The molecule has 4 atom stereocenters. The molecular formula is C29H38N4O4SSi. The Bertz CT molecular complexity index is 1500. The molecule has 1 saturated carbocycles. The summed E-state index contributed by atoms with van der Waals surface area (Å²) in [6.07, 6.45) is 4.92. The molecule has 1 aliphatic heterocycles. The number of piperidine rings is 1. The highest BCUT2D eigenvalue weighted by Crippen LogP contribution is 2.51. The molecule has 39 heavy (non-hydrogen) atoms. The number of hydrogen-bond donors (Lipinski definition) is 0. The van der Waals surface area contributed by atoms with Crippen molar-refractivity contribution < 1.29 is 17.4 Å². The fourth-order valence-corrected chi connectivity index (χ4v) is 7.27. The van der Waals surface area contributed by atoms with Crippen molar-refractivity contribution >= 4 is 18.3 Å². The first-order valence-electron chi connectivity index (χ1n) is 13.4. The zero-order valence-corrected chi connectivity index (χ0v) is 25.6. The van der Waals surface area contributed by atoms with E-state index < -0.39 is 18.3 Å². The predicted molar refractivity (Wildman–Crippen MR) is 154 cm³/mol. The van der Waals surface area contributed by atoms with Crippen LogP contribution in [0.5, 0.6) is 0 Å². The lowest BCUT2D eigenvalue weighted by Crippen LogP contribution is -2.41. The summed E-state index contributed by atoms with van der Waals surface area (Å²) < 4.78 is 39.3. The van der Waals surface area contributed by atoms with E-state index in [0.717, 1.165) is 22.6 Å². The minimum Gasteiger partial charge on any atom is -0.407 e. The van der Waals surface area contributed by atoms with Gasteiger partial charge in [0.05, 0.1) is 12.8 Å². The average molecular weight is 567 g/mol. The third kappa shape index (κ3) is 5.92. The second-order valence-corrected chi connectivity index (χ2v) is 19.1. The quantitative estimate of drug-likeness (QED) is 0.290. The van der Waals surface area contributed by atoms with Crippen LogP contribution in [-0.4, -0.2) is 55.1 Å². The number of imidazole rings is 1. The van der Waals surface area contributed by atoms with Crippen LogP contribution in [0.3, 0.4) is 0 Å². The summed E-state index contributed by atoms with van der Waals surface area (Å²) in [5.74, 6) is 9.23. The van der Waals surface area contributed by atoms with E-state index in [2.05, 4.69) is 67.3 Å². The highest BCUT2D eigenvalue weighted by molar-refractivity contribution is 7.88. The summed E-state index contributed by atoms with van der Waals surface area (Å²) in [5.41, 5.74) is 2.69. The normalized spacial score (nSPS) is 22.3. The minimum absolute atomic E-state index is 0.116. The van der Waals surface area contributed by atoms with Gasteiger partial charge in [-0.05, 0) is 61.2 Å². The molecule has 2 aromatic heterocycles. The summed E-state index contributed by atoms with van der Waals surface area (Å²) in [4.78, 5) is 4.58. The summed E-state index contributed by atoms with van der Waals surface area (Å²) >= 11 is 0. The number of benzene rings is 1. The molecule has 0 bridgehead atoms. The fraction of sp³-hybridized carbons (Fsp3) is 0.517. The zero-order chi connectivity index (χ0) is 28.2. The molecule has 1 unspecified atom stereocenters. The van der Waals surface area contributed by atoms with Crippen LogP contribution in [-0.2, 0) is 21.0 Å². The second-order valence-electron chi connectivity index (χ2n) is 12.4. The van der Waals surface area contributed by atoms with Crippen LogP contribution in [0.2, 0.25) is 18.1 Å². The van der Waals surface area contributed by atoms with Gasteiger partial charge in [-0.1, -0.05) is 37.8 Å². The van der Waals surface area contributed by atoms with E-state index in [4.69, 9.17) is 8.95 Å². The number of aromatic nitrogens is 3. The van der Waals surface area contributed by atoms with E-state index in [1.54, 1.807) is 10.5 Å². The topological polar surface area (TPSA) is 90.5 Å². The van der Waals surface area contributed by atoms with Crippen LogP contribution in [0, 0.1) is 29.6 Å². The molecule has 0 N–H and O–H groups in total. The van der Waals surface area contributed by atoms with Gasteiger partial charge in [0.1, 0.15) is 17.6 Å². The molecule has 2 aliphatic rings. The Balaban J connectivity index is 1.20. The molecule has 0 spiro atoms. The van der Waals surface area contributed by atoms with Gasteiger partial charge in [-0.2, -0.15) is 0 Å². The first-order valence-corrected chi connectivity index (χ1v) is 18.2. The third-order valence-corrected chi connectivity index (χ3v) is 14.3. The van der Waals surface area contributed by atoms with Gasteiger partial charge in [0, 0.05) is 48.6 Å². The molecule has 0 radical (unpaired) electrons. The Labute approximate surface area is 232 Å². The van der Waals surface area contributed by atoms with E-state index in [-0.39, 0.29) is 11.1 Å². The molecule has 1 aromatic carbocycles. The number of fused-ring (bicyclic) bond motifs is 1. The minimum atomic E-state index is -3.10. The lowest BCUT2D eigenvalue weighted by atomic mass is 10.1. The van der Waals surface area contributed by atoms with Gasteiger partial charge in [-0.15, -0.1) is 0 Å². The van der Waals surface area contributed by atoms with Gasteiger partial charge in [0.15, 0.2) is 14.1 Å². The SMILES string of the molecule is C[C@H](O[Si](C)(C)C(C)(C)C)c1nccn1Cc1cc(-c2ccc(C#CC3[C@H]4CN(S(C)(=O)=O)C[C@@H]34)cc2)on1. The van der Waals surface area contributed by atoms with E-state index in [1.165, 1.54) is 6.26 Å². The summed E-state index contributed by atoms with van der Waals surface area (Å²) in [6, 6.07) is 9.91. The van der Waals surface area contributed by atoms with Crippen molar-refractivity contribution in [1.82, 2.24) is 19.0 Å². The van der Waals surface area contributed by atoms with Gasteiger partial charge in [0.2, 0.25) is 10.0 Å². The van der Waals surface area contributed by atoms with Crippen molar-refractivity contribution in [3.05, 3.63) is 59.8 Å². The molecule has 0 amide bonds. The Hall–Kier alpha value is -2.71. The molecule has 3 heterocycles. The molecule has 8 nitrogen and oxygen atoms in total. The maximum Gasteiger partial charge on any atom is 0.211 e. The van der Waals surface area contributed by atoms with Crippen LogP contribution in [0.4, 0.5) is 0 Å². The molecule has 1 aliphatic carbocycles. The number of hydrogen-bond acceptors (Lipinski definition) is 6. The van der Waals surface area contributed by atoms with Gasteiger partial charge in [-0.25, -0.2) is 17.7 Å². The molecule has 5 rings (SSSR count). The Morgan fingerprint density at radius 3 is 2.46 bits per heavy atom. The maximum atomic E-state index is 11.7. The van der Waals surface area contributed by atoms with Crippen LogP contribution in [0.1, 0.15) is 50.9 Å². The van der Waals surface area contributed by atoms with E-state index in [1.807, 2.05) is 36.5 Å². The first kappa shape index (κ1) is 27.8. The van der Waals surface area contributed by atoms with E-state index >= 15 is 0 Å². The van der Waals surface area contributed by atoms with Crippen LogP contribution in [0.15, 0.2) is 47.2 Å². The average Bonchev–Trinajstić information content (AvgIpc) is 3.33. The fourth-order valence-electron chi connectivity index (χ4n) is 5.04. The molecular weight excluding hydrogens is 528 g/mol. The van der Waals surface area contributed by atoms with Crippen LogP contribution >= 0.6 is 0 Å². The largest absolute Gasteiger partial charge is 0.407 e. The monoisotopic (exact) mass is 566 g/mol. The highest BCUT2D eigenvalue weighted by Gasteiger charge is 2.56. The van der Waals surface area contributed by atoms with Crippen molar-refractivity contribution in [2.45, 2.75) is 58.5 Å². The summed E-state index contributed by atoms with van der Waals surface area (Å²) in [5, 5.41) is 4.42. The highest BCUT2D eigenvalue weighted by atomic mass is 32.2. The van der Waals surface area contributed by atoms with Crippen molar-refractivity contribution in [2.24, 2.45) is 17.8 Å². The molecule has 1 saturated heterocycles. The van der Waals surface area contributed by atoms with Crippen LogP contribution < -0.4 is 0 Å². The number of rotatable bonds is 7. The lowest BCUT2D eigenvalue weighted by molar-refractivity contribution is 0.189. The smallest absolute Gasteiger partial charge is 0.211 e. The molecule has 3 aromatic rings.